The van der Waals surface area contributed by atoms with Gasteiger partial charge in [0.15, 0.2) is 0 Å². The highest BCUT2D eigenvalue weighted by molar-refractivity contribution is 5.82. The number of H-pyrrole nitrogens is 1. The van der Waals surface area contributed by atoms with E-state index in [9.17, 15) is 4.79 Å². The number of aromatic nitrogens is 6. The largest absolute Gasteiger partial charge is 0.325 e. The third-order valence-electron chi connectivity index (χ3n) is 3.71. The lowest BCUT2D eigenvalue weighted by Gasteiger charge is -2.08. The number of fused-ring (bicyclic) bond motifs is 1. The minimum Gasteiger partial charge on any atom is -0.325 e. The molecule has 4 heterocycles. The molecule has 0 radical (unpaired) electrons. The fourth-order valence-electron chi connectivity index (χ4n) is 2.70. The van der Waals surface area contributed by atoms with Crippen molar-refractivity contribution in [2.75, 3.05) is 5.32 Å². The van der Waals surface area contributed by atoms with Crippen LogP contribution in [0.25, 0.3) is 16.6 Å². The van der Waals surface area contributed by atoms with E-state index in [4.69, 9.17) is 0 Å². The number of aryl methyl sites for hydroxylation is 2. The van der Waals surface area contributed by atoms with Crippen molar-refractivity contribution in [1.29, 1.82) is 0 Å². The van der Waals surface area contributed by atoms with Gasteiger partial charge in [-0.15, -0.1) is 0 Å². The van der Waals surface area contributed by atoms with Crippen molar-refractivity contribution in [2.45, 2.75) is 13.8 Å². The molecular formula is C17H15N7O. The van der Waals surface area contributed by atoms with Gasteiger partial charge in [0.25, 0.3) is 5.56 Å². The van der Waals surface area contributed by atoms with E-state index >= 15 is 0 Å². The highest BCUT2D eigenvalue weighted by Crippen LogP contribution is 2.19. The quantitative estimate of drug-likeness (QED) is 0.596. The molecule has 0 aromatic carbocycles. The van der Waals surface area contributed by atoms with Crippen LogP contribution in [0, 0.1) is 13.8 Å². The highest BCUT2D eigenvalue weighted by atomic mass is 16.1. The second-order valence-corrected chi connectivity index (χ2v) is 5.64. The van der Waals surface area contributed by atoms with Crippen LogP contribution >= 0.6 is 0 Å². The summed E-state index contributed by atoms with van der Waals surface area (Å²) in [6.45, 7) is 3.74. The molecule has 4 aromatic rings. The molecule has 0 aliphatic rings. The van der Waals surface area contributed by atoms with E-state index < -0.39 is 0 Å². The van der Waals surface area contributed by atoms with Crippen LogP contribution in [0.5, 0.6) is 0 Å². The molecule has 0 atom stereocenters. The molecule has 25 heavy (non-hydrogen) atoms. The standard InChI is InChI=1S/C17H15N7O/c1-10-6-16(21-11(2)20-10)22-15-7-14-13(9-19-15)17(25)23-24(14)12-4-3-5-18-8-12/h3-9H,1-2H3,(H,23,25)(H,19,20,21,22). The maximum atomic E-state index is 12.2. The van der Waals surface area contributed by atoms with Crippen LogP contribution in [0.2, 0.25) is 0 Å². The Balaban J connectivity index is 1.80. The molecular weight excluding hydrogens is 318 g/mol. The van der Waals surface area contributed by atoms with Gasteiger partial charge < -0.3 is 5.32 Å². The Bertz CT molecular complexity index is 1090. The van der Waals surface area contributed by atoms with Crippen LogP contribution < -0.4 is 10.9 Å². The van der Waals surface area contributed by atoms with E-state index in [1.54, 1.807) is 29.3 Å². The van der Waals surface area contributed by atoms with Crippen LogP contribution in [0.15, 0.2) is 47.7 Å². The normalized spacial score (nSPS) is 11.0. The molecule has 8 nitrogen and oxygen atoms in total. The number of aromatic amines is 1. The van der Waals surface area contributed by atoms with Crippen LogP contribution in [-0.2, 0) is 0 Å². The van der Waals surface area contributed by atoms with Crippen molar-refractivity contribution in [2.24, 2.45) is 0 Å². The summed E-state index contributed by atoms with van der Waals surface area (Å²) in [6.07, 6.45) is 4.91. The fourth-order valence-corrected chi connectivity index (χ4v) is 2.70. The minimum absolute atomic E-state index is 0.202. The SMILES string of the molecule is Cc1cc(Nc2cc3c(cn2)c(=O)[nH]n3-c2cccnc2)nc(C)n1. The predicted molar refractivity (Wildman–Crippen MR) is 94.3 cm³/mol. The number of anilines is 2. The predicted octanol–water partition coefficient (Wildman–Crippen LogP) is 2.26. The first-order valence-electron chi connectivity index (χ1n) is 7.70. The zero-order valence-electron chi connectivity index (χ0n) is 13.7. The fraction of sp³-hybridized carbons (Fsp3) is 0.118. The minimum atomic E-state index is -0.202. The number of hydrogen-bond acceptors (Lipinski definition) is 6. The molecule has 0 saturated heterocycles. The first-order chi connectivity index (χ1) is 12.1. The zero-order valence-corrected chi connectivity index (χ0v) is 13.7. The average molecular weight is 333 g/mol. The van der Waals surface area contributed by atoms with E-state index in [1.807, 2.05) is 32.0 Å². The molecule has 0 fully saturated rings. The monoisotopic (exact) mass is 333 g/mol. The first-order valence-corrected chi connectivity index (χ1v) is 7.70. The van der Waals surface area contributed by atoms with Crippen molar-refractivity contribution < 1.29 is 0 Å². The summed E-state index contributed by atoms with van der Waals surface area (Å²) in [7, 11) is 0. The highest BCUT2D eigenvalue weighted by Gasteiger charge is 2.10. The van der Waals surface area contributed by atoms with Crippen LogP contribution in [0.4, 0.5) is 11.6 Å². The lowest BCUT2D eigenvalue weighted by Crippen LogP contribution is -2.03. The van der Waals surface area contributed by atoms with Gasteiger partial charge in [-0.05, 0) is 26.0 Å². The number of pyridine rings is 2. The molecule has 4 rings (SSSR count). The number of hydrogen-bond donors (Lipinski definition) is 2. The molecule has 0 bridgehead atoms. The van der Waals surface area contributed by atoms with E-state index in [-0.39, 0.29) is 5.56 Å². The Kier molecular flexibility index (Phi) is 3.50. The molecule has 0 spiro atoms. The van der Waals surface area contributed by atoms with Gasteiger partial charge in [-0.1, -0.05) is 0 Å². The van der Waals surface area contributed by atoms with Gasteiger partial charge in [0.1, 0.15) is 17.5 Å². The molecule has 124 valence electrons. The molecule has 0 aliphatic carbocycles. The Morgan fingerprint density at radius 3 is 2.76 bits per heavy atom. The van der Waals surface area contributed by atoms with E-state index in [1.165, 1.54) is 0 Å². The average Bonchev–Trinajstić information content (AvgIpc) is 2.91. The van der Waals surface area contributed by atoms with Crippen LogP contribution in [0.3, 0.4) is 0 Å². The molecule has 4 aromatic heterocycles. The van der Waals surface area contributed by atoms with E-state index in [0.717, 1.165) is 11.4 Å². The summed E-state index contributed by atoms with van der Waals surface area (Å²) in [5, 5.41) is 6.47. The van der Waals surface area contributed by atoms with Crippen molar-refractivity contribution >= 4 is 22.5 Å². The van der Waals surface area contributed by atoms with Gasteiger partial charge in [0.2, 0.25) is 0 Å². The third-order valence-corrected chi connectivity index (χ3v) is 3.71. The van der Waals surface area contributed by atoms with Gasteiger partial charge in [-0.3, -0.25) is 19.6 Å². The van der Waals surface area contributed by atoms with Crippen molar-refractivity contribution in [3.05, 3.63) is 64.7 Å². The smallest absolute Gasteiger partial charge is 0.273 e. The van der Waals surface area contributed by atoms with Gasteiger partial charge in [0.05, 0.1) is 22.8 Å². The molecule has 8 heteroatoms. The Morgan fingerprint density at radius 1 is 1.12 bits per heavy atom. The van der Waals surface area contributed by atoms with E-state index in [0.29, 0.717) is 28.4 Å². The molecule has 2 N–H and O–H groups in total. The van der Waals surface area contributed by atoms with Crippen LogP contribution in [0.1, 0.15) is 11.5 Å². The summed E-state index contributed by atoms with van der Waals surface area (Å²) in [5.41, 5.74) is 2.13. The number of nitrogens with one attached hydrogen (secondary N) is 2. The summed E-state index contributed by atoms with van der Waals surface area (Å²) < 4.78 is 1.69. The second kappa shape index (κ2) is 5.82. The summed E-state index contributed by atoms with van der Waals surface area (Å²) in [4.78, 5) is 29.2. The summed E-state index contributed by atoms with van der Waals surface area (Å²) >= 11 is 0. The van der Waals surface area contributed by atoms with Crippen LogP contribution in [-0.4, -0.2) is 29.7 Å². The van der Waals surface area contributed by atoms with Crippen molar-refractivity contribution in [1.82, 2.24) is 29.7 Å². The third kappa shape index (κ3) is 2.85. The van der Waals surface area contributed by atoms with Crippen molar-refractivity contribution in [3.63, 3.8) is 0 Å². The second-order valence-electron chi connectivity index (χ2n) is 5.64. The van der Waals surface area contributed by atoms with Gasteiger partial charge in [-0.25, -0.2) is 15.0 Å². The maximum absolute atomic E-state index is 12.2. The number of nitrogens with zero attached hydrogens (tertiary/aromatic N) is 5. The summed E-state index contributed by atoms with van der Waals surface area (Å²) in [5.74, 6) is 1.92. The molecule has 0 aliphatic heterocycles. The Labute approximate surface area is 142 Å². The van der Waals surface area contributed by atoms with Crippen molar-refractivity contribution in [3.8, 4) is 5.69 Å². The van der Waals surface area contributed by atoms with Gasteiger partial charge in [0, 0.05) is 30.2 Å². The lowest BCUT2D eigenvalue weighted by atomic mass is 10.3. The molecule has 0 saturated carbocycles. The Morgan fingerprint density at radius 2 is 2.00 bits per heavy atom. The number of rotatable bonds is 3. The maximum Gasteiger partial charge on any atom is 0.273 e. The summed E-state index contributed by atoms with van der Waals surface area (Å²) in [6, 6.07) is 7.32. The topological polar surface area (TPSA) is 101 Å². The first kappa shape index (κ1) is 15.0. The lowest BCUT2D eigenvalue weighted by molar-refractivity contribution is 0.884. The zero-order chi connectivity index (χ0) is 17.4. The Hall–Kier alpha value is -3.55. The molecule has 0 unspecified atom stereocenters. The van der Waals surface area contributed by atoms with Gasteiger partial charge in [-0.2, -0.15) is 0 Å². The van der Waals surface area contributed by atoms with Gasteiger partial charge >= 0.3 is 0 Å². The van der Waals surface area contributed by atoms with E-state index in [2.05, 4.69) is 30.4 Å². The molecule has 0 amide bonds.